The number of fused-ring (bicyclic) bond motifs is 1. The number of aryl methyl sites for hydroxylation is 1. The lowest BCUT2D eigenvalue weighted by Crippen LogP contribution is -2.02. The summed E-state index contributed by atoms with van der Waals surface area (Å²) >= 11 is 1.54. The van der Waals surface area contributed by atoms with E-state index >= 15 is 0 Å². The molecule has 2 aromatic heterocycles. The van der Waals surface area contributed by atoms with Crippen LogP contribution in [0, 0.1) is 18.3 Å². The molecule has 0 unspecified atom stereocenters. The van der Waals surface area contributed by atoms with Crippen molar-refractivity contribution in [2.75, 3.05) is 5.75 Å². The SMILES string of the molecule is C=CCn1c(SCCC#N)nnc1-c1cc(-c2ccc(C)cc2)nc2ccccc12. The van der Waals surface area contributed by atoms with Gasteiger partial charge in [-0.2, -0.15) is 5.26 Å². The summed E-state index contributed by atoms with van der Waals surface area (Å²) in [5.41, 5.74) is 5.07. The van der Waals surface area contributed by atoms with Crippen LogP contribution in [0.5, 0.6) is 0 Å². The van der Waals surface area contributed by atoms with Gasteiger partial charge in [0.1, 0.15) is 0 Å². The Balaban J connectivity index is 1.88. The van der Waals surface area contributed by atoms with Gasteiger partial charge in [-0.15, -0.1) is 16.8 Å². The van der Waals surface area contributed by atoms with Gasteiger partial charge >= 0.3 is 0 Å². The molecule has 2 aromatic carbocycles. The van der Waals surface area contributed by atoms with Crippen molar-refractivity contribution in [2.45, 2.75) is 25.0 Å². The minimum Gasteiger partial charge on any atom is -0.298 e. The summed E-state index contributed by atoms with van der Waals surface area (Å²) in [6.45, 7) is 6.56. The Morgan fingerprint density at radius 3 is 2.70 bits per heavy atom. The average molecular weight is 412 g/mol. The third-order valence-corrected chi connectivity index (χ3v) is 5.75. The zero-order valence-corrected chi connectivity index (χ0v) is 17.6. The topological polar surface area (TPSA) is 67.4 Å². The van der Waals surface area contributed by atoms with Crippen LogP contribution in [0.2, 0.25) is 0 Å². The van der Waals surface area contributed by atoms with Crippen LogP contribution in [0.15, 0.2) is 72.4 Å². The molecule has 0 saturated carbocycles. The molecule has 0 bridgehead atoms. The third kappa shape index (κ3) is 3.98. The van der Waals surface area contributed by atoms with Crippen molar-refractivity contribution >= 4 is 22.7 Å². The van der Waals surface area contributed by atoms with E-state index in [1.165, 1.54) is 17.3 Å². The van der Waals surface area contributed by atoms with E-state index in [9.17, 15) is 0 Å². The van der Waals surface area contributed by atoms with E-state index in [0.29, 0.717) is 18.7 Å². The lowest BCUT2D eigenvalue weighted by molar-refractivity contribution is 0.731. The Morgan fingerprint density at radius 1 is 1.13 bits per heavy atom. The molecule has 0 atom stereocenters. The number of hydrogen-bond donors (Lipinski definition) is 0. The third-order valence-electron chi connectivity index (χ3n) is 4.78. The fourth-order valence-corrected chi connectivity index (χ4v) is 4.10. The normalized spacial score (nSPS) is 10.8. The van der Waals surface area contributed by atoms with Gasteiger partial charge in [0.25, 0.3) is 0 Å². The number of nitrogens with zero attached hydrogens (tertiary/aromatic N) is 5. The second kappa shape index (κ2) is 8.93. The first-order valence-corrected chi connectivity index (χ1v) is 10.7. The summed E-state index contributed by atoms with van der Waals surface area (Å²) in [5.74, 6) is 1.46. The van der Waals surface area contributed by atoms with E-state index in [4.69, 9.17) is 10.2 Å². The maximum Gasteiger partial charge on any atom is 0.191 e. The summed E-state index contributed by atoms with van der Waals surface area (Å²) in [6, 6.07) is 20.7. The molecule has 0 radical (unpaired) electrons. The van der Waals surface area contributed by atoms with Gasteiger partial charge in [-0.3, -0.25) is 4.57 Å². The molecule has 0 aliphatic heterocycles. The summed E-state index contributed by atoms with van der Waals surface area (Å²) in [6.07, 6.45) is 2.31. The molecule has 0 aliphatic rings. The molecule has 0 spiro atoms. The highest BCUT2D eigenvalue weighted by Gasteiger charge is 2.17. The summed E-state index contributed by atoms with van der Waals surface area (Å²) in [7, 11) is 0. The van der Waals surface area contributed by atoms with Gasteiger partial charge in [0.15, 0.2) is 11.0 Å². The van der Waals surface area contributed by atoms with Crippen LogP contribution in [-0.2, 0) is 6.54 Å². The number of pyridine rings is 1. The first-order valence-electron chi connectivity index (χ1n) is 9.72. The molecule has 148 valence electrons. The lowest BCUT2D eigenvalue weighted by atomic mass is 10.0. The second-order valence-electron chi connectivity index (χ2n) is 6.90. The van der Waals surface area contributed by atoms with Crippen LogP contribution in [0.25, 0.3) is 33.5 Å². The van der Waals surface area contributed by atoms with Gasteiger partial charge in [-0.1, -0.05) is 65.9 Å². The molecule has 4 rings (SSSR count). The van der Waals surface area contributed by atoms with Gasteiger partial charge in [0.05, 0.1) is 17.3 Å². The van der Waals surface area contributed by atoms with Crippen molar-refractivity contribution in [3.8, 4) is 28.7 Å². The zero-order chi connectivity index (χ0) is 20.9. The molecule has 0 amide bonds. The number of benzene rings is 2. The Labute approximate surface area is 180 Å². The Hall–Kier alpha value is -3.43. The van der Waals surface area contributed by atoms with Crippen molar-refractivity contribution in [1.29, 1.82) is 5.26 Å². The molecular weight excluding hydrogens is 390 g/mol. The predicted molar refractivity (Wildman–Crippen MR) is 122 cm³/mol. The van der Waals surface area contributed by atoms with Gasteiger partial charge in [-0.25, -0.2) is 4.98 Å². The maximum absolute atomic E-state index is 8.85. The van der Waals surface area contributed by atoms with Crippen LogP contribution < -0.4 is 0 Å². The van der Waals surface area contributed by atoms with Crippen LogP contribution in [0.1, 0.15) is 12.0 Å². The van der Waals surface area contributed by atoms with Gasteiger partial charge in [0, 0.05) is 35.2 Å². The Bertz CT molecular complexity index is 1230. The van der Waals surface area contributed by atoms with E-state index in [1.54, 1.807) is 0 Å². The number of nitriles is 1. The molecular formula is C24H21N5S. The van der Waals surface area contributed by atoms with E-state index < -0.39 is 0 Å². The number of hydrogen-bond acceptors (Lipinski definition) is 5. The van der Waals surface area contributed by atoms with E-state index in [0.717, 1.165) is 38.7 Å². The number of thioether (sulfide) groups is 1. The number of aromatic nitrogens is 4. The lowest BCUT2D eigenvalue weighted by Gasteiger charge is -2.12. The van der Waals surface area contributed by atoms with Gasteiger partial charge in [0.2, 0.25) is 0 Å². The largest absolute Gasteiger partial charge is 0.298 e. The molecule has 4 aromatic rings. The van der Waals surface area contributed by atoms with Crippen LogP contribution >= 0.6 is 11.8 Å². The molecule has 2 heterocycles. The summed E-state index contributed by atoms with van der Waals surface area (Å²) in [4.78, 5) is 4.89. The zero-order valence-electron chi connectivity index (χ0n) is 16.7. The Morgan fingerprint density at radius 2 is 1.93 bits per heavy atom. The highest BCUT2D eigenvalue weighted by Crippen LogP contribution is 2.33. The number of para-hydroxylation sites is 1. The first kappa shape index (κ1) is 19.9. The highest BCUT2D eigenvalue weighted by atomic mass is 32.2. The molecule has 0 N–H and O–H groups in total. The fraction of sp³-hybridized carbons (Fsp3) is 0.167. The molecule has 30 heavy (non-hydrogen) atoms. The van der Waals surface area contributed by atoms with Crippen molar-refractivity contribution < 1.29 is 0 Å². The van der Waals surface area contributed by atoms with Crippen molar-refractivity contribution in [3.05, 3.63) is 72.8 Å². The maximum atomic E-state index is 8.85. The quantitative estimate of drug-likeness (QED) is 0.223. The van der Waals surface area contributed by atoms with Crippen molar-refractivity contribution in [1.82, 2.24) is 19.7 Å². The fourth-order valence-electron chi connectivity index (χ4n) is 3.31. The summed E-state index contributed by atoms with van der Waals surface area (Å²) in [5, 5.41) is 19.6. The average Bonchev–Trinajstić information content (AvgIpc) is 3.16. The van der Waals surface area contributed by atoms with E-state index in [2.05, 4.69) is 70.7 Å². The van der Waals surface area contributed by atoms with E-state index in [1.807, 2.05) is 24.3 Å². The molecule has 5 nitrogen and oxygen atoms in total. The minimum atomic E-state index is 0.469. The van der Waals surface area contributed by atoms with Crippen molar-refractivity contribution in [2.24, 2.45) is 0 Å². The molecule has 6 heteroatoms. The summed E-state index contributed by atoms with van der Waals surface area (Å²) < 4.78 is 2.05. The highest BCUT2D eigenvalue weighted by molar-refractivity contribution is 7.99. The predicted octanol–water partition coefficient (Wildman–Crippen LogP) is 5.66. The smallest absolute Gasteiger partial charge is 0.191 e. The van der Waals surface area contributed by atoms with Gasteiger partial charge < -0.3 is 0 Å². The minimum absolute atomic E-state index is 0.469. The monoisotopic (exact) mass is 411 g/mol. The van der Waals surface area contributed by atoms with Crippen LogP contribution in [0.3, 0.4) is 0 Å². The standard InChI is InChI=1S/C24H21N5S/c1-3-14-29-23(27-28-24(29)30-15-6-13-25)20-16-22(18-11-9-17(2)10-12-18)26-21-8-5-4-7-19(20)21/h3-5,7-12,16H,1,6,14-15H2,2H3. The molecule has 0 saturated heterocycles. The molecule has 0 fully saturated rings. The second-order valence-corrected chi connectivity index (χ2v) is 7.96. The van der Waals surface area contributed by atoms with Gasteiger partial charge in [-0.05, 0) is 19.1 Å². The van der Waals surface area contributed by atoms with Crippen LogP contribution in [0.4, 0.5) is 0 Å². The molecule has 0 aliphatic carbocycles. The number of rotatable bonds is 7. The van der Waals surface area contributed by atoms with Crippen molar-refractivity contribution in [3.63, 3.8) is 0 Å². The Kier molecular flexibility index (Phi) is 5.92. The van der Waals surface area contributed by atoms with E-state index in [-0.39, 0.29) is 0 Å². The number of allylic oxidation sites excluding steroid dienone is 1. The first-order chi connectivity index (χ1) is 14.7. The van der Waals surface area contributed by atoms with Crippen LogP contribution in [-0.4, -0.2) is 25.5 Å².